The molecule has 0 aromatic heterocycles. The van der Waals surface area contributed by atoms with Gasteiger partial charge < -0.3 is 24.8 Å². The van der Waals surface area contributed by atoms with Crippen LogP contribution < -0.4 is 0 Å². The number of ether oxygens (including phenoxy) is 2. The number of hydrogen-bond donors (Lipinski definition) is 3. The quantitative estimate of drug-likeness (QED) is 0.227. The minimum absolute atomic E-state index is 0.0289. The molecular weight excluding hydrogens is 368 g/mol. The molecule has 3 N–H and O–H groups in total. The third kappa shape index (κ3) is 12.7. The molecular formula is C24H46O5. The maximum absolute atomic E-state index is 9.98. The Hall–Kier alpha value is -0.460. The van der Waals surface area contributed by atoms with Gasteiger partial charge in [0, 0.05) is 0 Å². The highest BCUT2D eigenvalue weighted by molar-refractivity contribution is 4.89. The number of aliphatic hydroxyl groups is 3. The molecule has 4 atom stereocenters. The van der Waals surface area contributed by atoms with Gasteiger partial charge in [-0.1, -0.05) is 96.1 Å². The summed E-state index contributed by atoms with van der Waals surface area (Å²) >= 11 is 0. The minimum Gasteiger partial charge on any atom is -0.394 e. The van der Waals surface area contributed by atoms with Crippen molar-refractivity contribution in [3.05, 3.63) is 12.2 Å². The second-order valence-electron chi connectivity index (χ2n) is 8.41. The van der Waals surface area contributed by atoms with E-state index in [9.17, 15) is 15.3 Å². The molecule has 1 aliphatic heterocycles. The van der Waals surface area contributed by atoms with Gasteiger partial charge in [-0.15, -0.1) is 0 Å². The first-order chi connectivity index (χ1) is 14.2. The Morgan fingerprint density at radius 3 is 1.93 bits per heavy atom. The average molecular weight is 415 g/mol. The molecule has 1 saturated heterocycles. The Balaban J connectivity index is 1.89. The van der Waals surface area contributed by atoms with E-state index in [0.717, 1.165) is 6.42 Å². The third-order valence-corrected chi connectivity index (χ3v) is 5.78. The smallest absolute Gasteiger partial charge is 0.115 e. The molecule has 0 aliphatic carbocycles. The lowest BCUT2D eigenvalue weighted by Gasteiger charge is -2.37. The SMILES string of the molecule is CCCCCCCCCCCCCCC/C=C/CO[C@@H]1[C@@H](O)[C@H](O)CO[C@H]1CO. The summed E-state index contributed by atoms with van der Waals surface area (Å²) in [6.45, 7) is 2.43. The van der Waals surface area contributed by atoms with Gasteiger partial charge in [-0.25, -0.2) is 0 Å². The van der Waals surface area contributed by atoms with Gasteiger partial charge >= 0.3 is 0 Å². The topological polar surface area (TPSA) is 79.2 Å². The summed E-state index contributed by atoms with van der Waals surface area (Å²) in [4.78, 5) is 0. The largest absolute Gasteiger partial charge is 0.394 e. The van der Waals surface area contributed by atoms with Crippen molar-refractivity contribution in [3.63, 3.8) is 0 Å². The van der Waals surface area contributed by atoms with Crippen molar-refractivity contribution >= 4 is 0 Å². The van der Waals surface area contributed by atoms with Crippen LogP contribution in [0, 0.1) is 0 Å². The van der Waals surface area contributed by atoms with E-state index in [-0.39, 0.29) is 13.2 Å². The van der Waals surface area contributed by atoms with Crippen molar-refractivity contribution in [2.75, 3.05) is 19.8 Å². The van der Waals surface area contributed by atoms with Crippen LogP contribution in [0.15, 0.2) is 12.2 Å². The van der Waals surface area contributed by atoms with Crippen LogP contribution in [0.4, 0.5) is 0 Å². The Morgan fingerprint density at radius 2 is 1.38 bits per heavy atom. The van der Waals surface area contributed by atoms with Crippen molar-refractivity contribution < 1.29 is 24.8 Å². The van der Waals surface area contributed by atoms with E-state index in [4.69, 9.17) is 9.47 Å². The molecule has 0 aromatic rings. The van der Waals surface area contributed by atoms with Gasteiger partial charge in [0.25, 0.3) is 0 Å². The molecule has 0 aromatic carbocycles. The predicted molar refractivity (Wildman–Crippen MR) is 118 cm³/mol. The Morgan fingerprint density at radius 1 is 0.828 bits per heavy atom. The van der Waals surface area contributed by atoms with Crippen molar-refractivity contribution in [2.45, 2.75) is 121 Å². The third-order valence-electron chi connectivity index (χ3n) is 5.78. The van der Waals surface area contributed by atoms with E-state index in [1.54, 1.807) is 0 Å². The summed E-state index contributed by atoms with van der Waals surface area (Å²) in [7, 11) is 0. The highest BCUT2D eigenvalue weighted by Crippen LogP contribution is 2.18. The molecule has 172 valence electrons. The second-order valence-corrected chi connectivity index (χ2v) is 8.41. The van der Waals surface area contributed by atoms with Crippen LogP contribution in [0.25, 0.3) is 0 Å². The molecule has 0 spiro atoms. The second kappa shape index (κ2) is 18.3. The first kappa shape index (κ1) is 26.6. The molecule has 29 heavy (non-hydrogen) atoms. The number of aliphatic hydroxyl groups excluding tert-OH is 3. The van der Waals surface area contributed by atoms with Crippen molar-refractivity contribution in [1.29, 1.82) is 0 Å². The van der Waals surface area contributed by atoms with Gasteiger partial charge in [0.1, 0.15) is 24.4 Å². The lowest BCUT2D eigenvalue weighted by atomic mass is 10.0. The first-order valence-corrected chi connectivity index (χ1v) is 12.1. The maximum atomic E-state index is 9.98. The van der Waals surface area contributed by atoms with Gasteiger partial charge in [-0.05, 0) is 12.8 Å². The lowest BCUT2D eigenvalue weighted by Crippen LogP contribution is -2.55. The summed E-state index contributed by atoms with van der Waals surface area (Å²) in [6, 6.07) is 0. The molecule has 0 bridgehead atoms. The Labute approximate surface area is 178 Å². The van der Waals surface area contributed by atoms with Crippen LogP contribution in [0.2, 0.25) is 0 Å². The van der Waals surface area contributed by atoms with Crippen LogP contribution >= 0.6 is 0 Å². The van der Waals surface area contributed by atoms with E-state index < -0.39 is 24.4 Å². The zero-order valence-electron chi connectivity index (χ0n) is 18.6. The normalized spacial score (nSPS) is 25.1. The molecule has 0 saturated carbocycles. The predicted octanol–water partition coefficient (Wildman–Crippen LogP) is 4.52. The molecule has 0 amide bonds. The Kier molecular flexibility index (Phi) is 16.8. The zero-order chi connectivity index (χ0) is 21.2. The van der Waals surface area contributed by atoms with E-state index in [2.05, 4.69) is 13.0 Å². The van der Waals surface area contributed by atoms with E-state index >= 15 is 0 Å². The summed E-state index contributed by atoms with van der Waals surface area (Å²) in [5.41, 5.74) is 0. The van der Waals surface area contributed by atoms with Gasteiger partial charge in [-0.3, -0.25) is 0 Å². The number of hydrogen-bond acceptors (Lipinski definition) is 5. The molecule has 1 heterocycles. The molecule has 0 unspecified atom stereocenters. The highest BCUT2D eigenvalue weighted by atomic mass is 16.6. The summed E-state index contributed by atoms with van der Waals surface area (Å²) in [5.74, 6) is 0. The van der Waals surface area contributed by atoms with Gasteiger partial charge in [0.2, 0.25) is 0 Å². The first-order valence-electron chi connectivity index (χ1n) is 12.1. The molecule has 1 rings (SSSR count). The van der Waals surface area contributed by atoms with E-state index in [0.29, 0.717) is 6.61 Å². The molecule has 1 aliphatic rings. The summed E-state index contributed by atoms with van der Waals surface area (Å²) in [6.07, 6.45) is 19.6. The zero-order valence-corrected chi connectivity index (χ0v) is 18.6. The van der Waals surface area contributed by atoms with Crippen LogP contribution in [-0.2, 0) is 9.47 Å². The van der Waals surface area contributed by atoms with Crippen LogP contribution in [-0.4, -0.2) is 59.6 Å². The fraction of sp³-hybridized carbons (Fsp3) is 0.917. The van der Waals surface area contributed by atoms with Gasteiger partial charge in [-0.2, -0.15) is 0 Å². The fourth-order valence-corrected chi connectivity index (χ4v) is 3.85. The summed E-state index contributed by atoms with van der Waals surface area (Å²) < 4.78 is 10.9. The van der Waals surface area contributed by atoms with Crippen molar-refractivity contribution in [2.24, 2.45) is 0 Å². The summed E-state index contributed by atoms with van der Waals surface area (Å²) in [5, 5.41) is 28.9. The number of allylic oxidation sites excluding steroid dienone is 1. The van der Waals surface area contributed by atoms with Gasteiger partial charge in [0.15, 0.2) is 0 Å². The lowest BCUT2D eigenvalue weighted by molar-refractivity contribution is -0.208. The monoisotopic (exact) mass is 414 g/mol. The standard InChI is InChI=1S/C24H46O5/c1-2-3-4-5-6-7-8-9-10-11-12-13-14-15-16-17-18-28-24-22(19-25)29-20-21(26)23(24)27/h16-17,21-27H,2-15,18-20H2,1H3/b17-16+/t21-,22+,23+,24+/m1/s1. The van der Waals surface area contributed by atoms with Crippen molar-refractivity contribution in [3.8, 4) is 0 Å². The van der Waals surface area contributed by atoms with Crippen LogP contribution in [0.5, 0.6) is 0 Å². The number of unbranched alkanes of at least 4 members (excludes halogenated alkanes) is 13. The van der Waals surface area contributed by atoms with Crippen LogP contribution in [0.1, 0.15) is 96.8 Å². The fourth-order valence-electron chi connectivity index (χ4n) is 3.85. The van der Waals surface area contributed by atoms with Gasteiger partial charge in [0.05, 0.1) is 19.8 Å². The number of rotatable bonds is 18. The molecule has 5 heteroatoms. The van der Waals surface area contributed by atoms with Crippen LogP contribution in [0.3, 0.4) is 0 Å². The molecule has 1 fully saturated rings. The maximum Gasteiger partial charge on any atom is 0.115 e. The average Bonchev–Trinajstić information content (AvgIpc) is 2.73. The minimum atomic E-state index is -1.02. The highest BCUT2D eigenvalue weighted by Gasteiger charge is 2.38. The molecule has 5 nitrogen and oxygen atoms in total. The van der Waals surface area contributed by atoms with Crippen molar-refractivity contribution in [1.82, 2.24) is 0 Å². The van der Waals surface area contributed by atoms with E-state index in [1.165, 1.54) is 83.5 Å². The Bertz CT molecular complexity index is 385. The van der Waals surface area contributed by atoms with E-state index in [1.807, 2.05) is 6.08 Å². The molecule has 0 radical (unpaired) electrons.